The van der Waals surface area contributed by atoms with Gasteiger partial charge in [0.05, 0.1) is 11.4 Å². The second-order valence-corrected chi connectivity index (χ2v) is 13.2. The first-order valence-corrected chi connectivity index (χ1v) is 17.6. The van der Waals surface area contributed by atoms with Gasteiger partial charge < -0.3 is 0 Å². The molecular formula is C49H31N3. The summed E-state index contributed by atoms with van der Waals surface area (Å²) in [4.78, 5) is 14.8. The fourth-order valence-corrected chi connectivity index (χ4v) is 7.76. The Balaban J connectivity index is 1.41. The molecule has 0 unspecified atom stereocenters. The Morgan fingerprint density at radius 2 is 0.808 bits per heavy atom. The Morgan fingerprint density at radius 1 is 0.308 bits per heavy atom. The van der Waals surface area contributed by atoms with Crippen LogP contribution in [0.5, 0.6) is 0 Å². The zero-order chi connectivity index (χ0) is 34.4. The molecule has 0 saturated heterocycles. The summed E-state index contributed by atoms with van der Waals surface area (Å²) in [5.41, 5.74) is 4.63. The Hall–Kier alpha value is -6.97. The van der Waals surface area contributed by atoms with Crippen LogP contribution >= 0.6 is 0 Å². The van der Waals surface area contributed by atoms with Crippen molar-refractivity contribution in [3.8, 4) is 33.9 Å². The molecule has 2 aromatic heterocycles. The van der Waals surface area contributed by atoms with Crippen LogP contribution in [0.2, 0.25) is 0 Å². The van der Waals surface area contributed by atoms with Gasteiger partial charge >= 0.3 is 0 Å². The third-order valence-corrected chi connectivity index (χ3v) is 10.2. The molecule has 0 bridgehead atoms. The van der Waals surface area contributed by atoms with E-state index in [0.717, 1.165) is 38.9 Å². The minimum atomic E-state index is 0.668. The number of benzene rings is 7. The van der Waals surface area contributed by atoms with Crippen LogP contribution in [0.15, 0.2) is 188 Å². The van der Waals surface area contributed by atoms with Gasteiger partial charge in [-0.1, -0.05) is 152 Å². The van der Waals surface area contributed by atoms with Crippen molar-refractivity contribution in [3.05, 3.63) is 188 Å². The molecule has 3 heteroatoms. The maximum Gasteiger partial charge on any atom is 0.160 e. The lowest BCUT2D eigenvalue weighted by Gasteiger charge is -2.13. The fraction of sp³-hybridized carbons (Fsp3) is 0. The molecule has 0 aliphatic heterocycles. The lowest BCUT2D eigenvalue weighted by atomic mass is 9.91. The third-order valence-electron chi connectivity index (χ3n) is 10.2. The van der Waals surface area contributed by atoms with Crippen molar-refractivity contribution in [3.63, 3.8) is 0 Å². The van der Waals surface area contributed by atoms with Gasteiger partial charge in [-0.05, 0) is 88.9 Å². The normalized spacial score (nSPS) is 11.5. The molecule has 0 spiro atoms. The van der Waals surface area contributed by atoms with Crippen molar-refractivity contribution in [2.24, 2.45) is 0 Å². The van der Waals surface area contributed by atoms with Gasteiger partial charge in [0.15, 0.2) is 5.82 Å². The first-order chi connectivity index (χ1) is 25.8. The third kappa shape index (κ3) is 5.02. The minimum Gasteiger partial charge on any atom is -0.264 e. The molecule has 0 amide bonds. The largest absolute Gasteiger partial charge is 0.264 e. The van der Waals surface area contributed by atoms with E-state index in [9.17, 15) is 0 Å². The quantitative estimate of drug-likeness (QED) is 0.189. The van der Waals surface area contributed by atoms with Crippen molar-refractivity contribution < 1.29 is 0 Å². The van der Waals surface area contributed by atoms with Crippen molar-refractivity contribution in [2.75, 3.05) is 0 Å². The number of rotatable bonds is 3. The number of nitrogens with zero attached hydrogens (tertiary/aromatic N) is 3. The van der Waals surface area contributed by atoms with Crippen LogP contribution in [-0.4, -0.2) is 15.0 Å². The van der Waals surface area contributed by atoms with E-state index >= 15 is 0 Å². The second-order valence-electron chi connectivity index (χ2n) is 13.2. The summed E-state index contributed by atoms with van der Waals surface area (Å²) in [6.07, 6.45) is 3.65. The van der Waals surface area contributed by atoms with Gasteiger partial charge in [-0.25, -0.2) is 9.97 Å². The van der Waals surface area contributed by atoms with Crippen LogP contribution in [0.3, 0.4) is 0 Å². The SMILES string of the molecule is c1ccc(-c2cc(-c3cccnc3)nc(-c3ccc4c5ccccc5c5ccccc5c5ccccc5c5c6ccccc6ccc5c4c3)n2)cc1. The Morgan fingerprint density at radius 3 is 1.46 bits per heavy atom. The molecule has 0 N–H and O–H groups in total. The number of hydrogen-bond acceptors (Lipinski definition) is 3. The number of aromatic nitrogens is 3. The van der Waals surface area contributed by atoms with E-state index in [0.29, 0.717) is 5.82 Å². The van der Waals surface area contributed by atoms with Crippen LogP contribution in [0.25, 0.3) is 98.5 Å². The predicted octanol–water partition coefficient (Wildman–Crippen LogP) is 12.9. The van der Waals surface area contributed by atoms with E-state index in [2.05, 4.69) is 157 Å². The van der Waals surface area contributed by atoms with E-state index < -0.39 is 0 Å². The predicted molar refractivity (Wildman–Crippen MR) is 219 cm³/mol. The van der Waals surface area contributed by atoms with E-state index in [-0.39, 0.29) is 0 Å². The smallest absolute Gasteiger partial charge is 0.160 e. The van der Waals surface area contributed by atoms with Crippen molar-refractivity contribution in [1.29, 1.82) is 0 Å². The molecule has 0 fully saturated rings. The molecule has 242 valence electrons. The molecule has 0 radical (unpaired) electrons. The van der Waals surface area contributed by atoms with Crippen LogP contribution in [0.1, 0.15) is 0 Å². The van der Waals surface area contributed by atoms with Gasteiger partial charge in [0.2, 0.25) is 0 Å². The highest BCUT2D eigenvalue weighted by atomic mass is 14.9. The van der Waals surface area contributed by atoms with Gasteiger partial charge in [-0.2, -0.15) is 0 Å². The second kappa shape index (κ2) is 12.4. The number of hydrogen-bond donors (Lipinski definition) is 0. The monoisotopic (exact) mass is 661 g/mol. The summed E-state index contributed by atoms with van der Waals surface area (Å²) >= 11 is 0. The standard InChI is InChI=1S/C49H31N3/c1-2-14-33(15-3-1)46-30-47(35-16-12-28-50-31-35)52-49(51-46)34-25-26-42-40-21-9-7-19-38(40)37-18-6-8-20-39(37)41-22-10-11-23-43(41)48-36-17-5-4-13-32(36)24-27-44(48)45(42)29-34/h1-31H. The average Bonchev–Trinajstić information content (AvgIpc) is 3.23. The zero-order valence-electron chi connectivity index (χ0n) is 28.2. The molecule has 10 aromatic rings. The van der Waals surface area contributed by atoms with Gasteiger partial charge in [-0.15, -0.1) is 0 Å². The number of pyridine rings is 1. The molecule has 0 aliphatic rings. The lowest BCUT2D eigenvalue weighted by molar-refractivity contribution is 1.18. The molecule has 52 heavy (non-hydrogen) atoms. The summed E-state index contributed by atoms with van der Waals surface area (Å²) in [6, 6.07) is 62.9. The summed E-state index contributed by atoms with van der Waals surface area (Å²) in [6.45, 7) is 0. The highest BCUT2D eigenvalue weighted by Crippen LogP contribution is 2.40. The summed E-state index contributed by atoms with van der Waals surface area (Å²) in [5.74, 6) is 0.668. The topological polar surface area (TPSA) is 38.7 Å². The molecule has 0 aliphatic carbocycles. The molecule has 3 nitrogen and oxygen atoms in total. The molecule has 0 saturated carbocycles. The van der Waals surface area contributed by atoms with Crippen LogP contribution in [0, 0.1) is 0 Å². The van der Waals surface area contributed by atoms with Crippen LogP contribution in [0.4, 0.5) is 0 Å². The van der Waals surface area contributed by atoms with Gasteiger partial charge in [0, 0.05) is 29.1 Å². The molecule has 8 aromatic carbocycles. The Labute approximate surface area is 300 Å². The molecule has 2 heterocycles. The summed E-state index contributed by atoms with van der Waals surface area (Å²) < 4.78 is 0. The first-order valence-electron chi connectivity index (χ1n) is 17.6. The van der Waals surface area contributed by atoms with Crippen molar-refractivity contribution in [2.45, 2.75) is 0 Å². The molecule has 0 atom stereocenters. The maximum absolute atomic E-state index is 5.21. The van der Waals surface area contributed by atoms with Crippen molar-refractivity contribution >= 4 is 64.6 Å². The summed E-state index contributed by atoms with van der Waals surface area (Å²) in [7, 11) is 0. The van der Waals surface area contributed by atoms with E-state index in [4.69, 9.17) is 9.97 Å². The minimum absolute atomic E-state index is 0.668. The summed E-state index contributed by atoms with van der Waals surface area (Å²) in [5, 5.41) is 14.4. The Kier molecular flexibility index (Phi) is 7.14. The van der Waals surface area contributed by atoms with Gasteiger partial charge in [0.1, 0.15) is 0 Å². The highest BCUT2D eigenvalue weighted by Gasteiger charge is 2.14. The molecule has 10 rings (SSSR count). The highest BCUT2D eigenvalue weighted by molar-refractivity contribution is 6.30. The molecular weight excluding hydrogens is 631 g/mol. The van der Waals surface area contributed by atoms with Crippen LogP contribution in [-0.2, 0) is 0 Å². The zero-order valence-corrected chi connectivity index (χ0v) is 28.2. The van der Waals surface area contributed by atoms with Gasteiger partial charge in [-0.3, -0.25) is 4.98 Å². The Bertz CT molecular complexity index is 3000. The van der Waals surface area contributed by atoms with Crippen LogP contribution < -0.4 is 0 Å². The average molecular weight is 662 g/mol. The lowest BCUT2D eigenvalue weighted by Crippen LogP contribution is -1.96. The first kappa shape index (κ1) is 29.9. The van der Waals surface area contributed by atoms with Crippen molar-refractivity contribution in [1.82, 2.24) is 15.0 Å². The fourth-order valence-electron chi connectivity index (χ4n) is 7.76. The van der Waals surface area contributed by atoms with E-state index in [1.54, 1.807) is 6.20 Å². The van der Waals surface area contributed by atoms with E-state index in [1.807, 2.05) is 30.5 Å². The van der Waals surface area contributed by atoms with E-state index in [1.165, 1.54) is 53.9 Å². The number of fused-ring (bicyclic) bond motifs is 12. The van der Waals surface area contributed by atoms with Gasteiger partial charge in [0.25, 0.3) is 0 Å². The maximum atomic E-state index is 5.21.